The lowest BCUT2D eigenvalue weighted by molar-refractivity contribution is -0.508. The lowest BCUT2D eigenvalue weighted by Crippen LogP contribution is -2.25. The topological polar surface area (TPSA) is 51.0 Å². The van der Waals surface area contributed by atoms with Crippen LogP contribution in [0.25, 0.3) is 0 Å². The Labute approximate surface area is 83.4 Å². The summed E-state index contributed by atoms with van der Waals surface area (Å²) in [5.41, 5.74) is 1.01. The molecule has 1 heterocycles. The lowest BCUT2D eigenvalue weighted by atomic mass is 10.1. The van der Waals surface area contributed by atoms with E-state index < -0.39 is 0 Å². The highest BCUT2D eigenvalue weighted by Gasteiger charge is 2.16. The third-order valence-corrected chi connectivity index (χ3v) is 2.19. The van der Waals surface area contributed by atoms with Crippen LogP contribution in [0.5, 0.6) is 0 Å². The van der Waals surface area contributed by atoms with Crippen LogP contribution in [-0.2, 0) is 0 Å². The molecule has 0 unspecified atom stereocenters. The smallest absolute Gasteiger partial charge is 0.257 e. The Balaban J connectivity index is 3.32. The molecule has 14 heavy (non-hydrogen) atoms. The summed E-state index contributed by atoms with van der Waals surface area (Å²) in [6, 6.07) is 0. The minimum absolute atomic E-state index is 0.0638. The molecular formula is C10H16N2O2. The molecule has 1 aromatic heterocycles. The van der Waals surface area contributed by atoms with Gasteiger partial charge in [0.1, 0.15) is 0 Å². The fourth-order valence-electron chi connectivity index (χ4n) is 1.31. The van der Waals surface area contributed by atoms with Gasteiger partial charge in [-0.15, -0.1) is 0 Å². The molecule has 0 fully saturated rings. The van der Waals surface area contributed by atoms with Gasteiger partial charge in [-0.05, 0) is 5.92 Å². The second-order valence-corrected chi connectivity index (χ2v) is 4.07. The molecule has 4 heteroatoms. The average molecular weight is 196 g/mol. The van der Waals surface area contributed by atoms with Gasteiger partial charge in [-0.1, -0.05) is 27.7 Å². The van der Waals surface area contributed by atoms with E-state index in [9.17, 15) is 10.1 Å². The van der Waals surface area contributed by atoms with Crippen LogP contribution in [-0.4, -0.2) is 4.73 Å². The van der Waals surface area contributed by atoms with Crippen molar-refractivity contribution in [3.05, 3.63) is 33.9 Å². The minimum atomic E-state index is 0.0638. The molecular weight excluding hydrogens is 180 g/mol. The van der Waals surface area contributed by atoms with Gasteiger partial charge in [0, 0.05) is 10.8 Å². The van der Waals surface area contributed by atoms with E-state index >= 15 is 0 Å². The van der Waals surface area contributed by atoms with Gasteiger partial charge >= 0.3 is 0 Å². The first-order chi connectivity index (χ1) is 6.43. The van der Waals surface area contributed by atoms with Gasteiger partial charge in [0.15, 0.2) is 0 Å². The number of hydrogen-bond acceptors (Lipinski definition) is 2. The van der Waals surface area contributed by atoms with Gasteiger partial charge in [0.05, 0.1) is 16.3 Å². The second kappa shape index (κ2) is 3.82. The van der Waals surface area contributed by atoms with Gasteiger partial charge in [0.2, 0.25) is 6.20 Å². The van der Waals surface area contributed by atoms with E-state index in [4.69, 9.17) is 0 Å². The van der Waals surface area contributed by atoms with Gasteiger partial charge in [-0.2, -0.15) is 0 Å². The average Bonchev–Trinajstić information content (AvgIpc) is 2.07. The molecule has 1 aromatic rings. The highest BCUT2D eigenvalue weighted by atomic mass is 16.5. The minimum Gasteiger partial charge on any atom is -0.805 e. The molecule has 0 aromatic carbocycles. The fourth-order valence-corrected chi connectivity index (χ4v) is 1.31. The highest BCUT2D eigenvalue weighted by molar-refractivity contribution is 5.06. The van der Waals surface area contributed by atoms with Crippen molar-refractivity contribution in [3.8, 4) is 0 Å². The van der Waals surface area contributed by atoms with Gasteiger partial charge in [-0.25, -0.2) is 0 Å². The quantitative estimate of drug-likeness (QED) is 0.679. The summed E-state index contributed by atoms with van der Waals surface area (Å²) in [6.45, 7) is 7.55. The summed E-state index contributed by atoms with van der Waals surface area (Å²) in [6.07, 6.45) is 2.74. The molecule has 0 amide bonds. The fraction of sp³-hybridized carbons (Fsp3) is 0.600. The van der Waals surface area contributed by atoms with E-state index in [1.165, 1.54) is 12.4 Å². The first-order valence-electron chi connectivity index (χ1n) is 4.79. The molecule has 0 aliphatic heterocycles. The molecule has 4 nitrogen and oxygen atoms in total. The summed E-state index contributed by atoms with van der Waals surface area (Å²) in [5, 5.41) is 11.5. The number of nitrogens with zero attached hydrogens (tertiary/aromatic N) is 2. The SMILES string of the molecule is CC(C)c1c[n+](=O)c(C(C)C)cn1[O-]. The monoisotopic (exact) mass is 196 g/mol. The summed E-state index contributed by atoms with van der Waals surface area (Å²) >= 11 is 0. The summed E-state index contributed by atoms with van der Waals surface area (Å²) < 4.78 is 1.57. The Kier molecular flexibility index (Phi) is 2.93. The molecule has 0 aliphatic rings. The Morgan fingerprint density at radius 3 is 2.29 bits per heavy atom. The molecule has 0 saturated carbocycles. The lowest BCUT2D eigenvalue weighted by Gasteiger charge is -2.17. The molecule has 1 rings (SSSR count). The predicted octanol–water partition coefficient (Wildman–Crippen LogP) is 2.00. The molecule has 0 spiro atoms. The molecule has 0 radical (unpaired) electrons. The van der Waals surface area contributed by atoms with Crippen molar-refractivity contribution < 1.29 is 4.43 Å². The van der Waals surface area contributed by atoms with Crippen molar-refractivity contribution in [1.82, 2.24) is 4.73 Å². The van der Waals surface area contributed by atoms with Crippen molar-refractivity contribution >= 4 is 0 Å². The van der Waals surface area contributed by atoms with E-state index in [1.807, 2.05) is 27.7 Å². The van der Waals surface area contributed by atoms with Crippen molar-refractivity contribution in [2.45, 2.75) is 39.5 Å². The molecule has 0 aliphatic carbocycles. The predicted molar refractivity (Wildman–Crippen MR) is 54.7 cm³/mol. The second-order valence-electron chi connectivity index (χ2n) is 4.07. The Hall–Kier alpha value is -1.32. The van der Waals surface area contributed by atoms with Crippen molar-refractivity contribution in [2.75, 3.05) is 0 Å². The zero-order chi connectivity index (χ0) is 10.9. The molecule has 0 bridgehead atoms. The van der Waals surface area contributed by atoms with Crippen LogP contribution < -0.4 is 4.43 Å². The zero-order valence-corrected chi connectivity index (χ0v) is 9.02. The number of rotatable bonds is 2. The molecule has 0 saturated heterocycles. The van der Waals surface area contributed by atoms with Crippen LogP contribution in [0.4, 0.5) is 0 Å². The van der Waals surface area contributed by atoms with Crippen LogP contribution in [0.2, 0.25) is 0 Å². The van der Waals surface area contributed by atoms with Crippen LogP contribution in [0.3, 0.4) is 0 Å². The maximum atomic E-state index is 11.5. The summed E-state index contributed by atoms with van der Waals surface area (Å²) in [4.78, 5) is 11.5. The number of aromatic nitrogens is 2. The van der Waals surface area contributed by atoms with Gasteiger partial charge in [0.25, 0.3) is 5.69 Å². The van der Waals surface area contributed by atoms with Crippen molar-refractivity contribution in [1.29, 1.82) is 0 Å². The summed E-state index contributed by atoms with van der Waals surface area (Å²) in [7, 11) is 0. The van der Waals surface area contributed by atoms with E-state index in [0.717, 1.165) is 9.16 Å². The van der Waals surface area contributed by atoms with Crippen LogP contribution in [0.1, 0.15) is 50.9 Å². The van der Waals surface area contributed by atoms with Gasteiger partial charge in [-0.3, -0.25) is 0 Å². The Bertz CT molecular complexity index is 380. The Morgan fingerprint density at radius 2 is 1.86 bits per heavy atom. The van der Waals surface area contributed by atoms with E-state index in [0.29, 0.717) is 11.4 Å². The highest BCUT2D eigenvalue weighted by Crippen LogP contribution is 2.14. The van der Waals surface area contributed by atoms with Crippen LogP contribution in [0, 0.1) is 10.1 Å². The third-order valence-electron chi connectivity index (χ3n) is 2.19. The molecule has 0 N–H and O–H groups in total. The van der Waals surface area contributed by atoms with Crippen LogP contribution in [0.15, 0.2) is 12.4 Å². The first-order valence-corrected chi connectivity index (χ1v) is 4.79. The van der Waals surface area contributed by atoms with Gasteiger partial charge < -0.3 is 9.94 Å². The van der Waals surface area contributed by atoms with Crippen molar-refractivity contribution in [2.24, 2.45) is 0 Å². The third kappa shape index (κ3) is 1.95. The molecule has 78 valence electrons. The summed E-state index contributed by atoms with van der Waals surface area (Å²) in [5.74, 6) is 0.128. The molecule has 0 atom stereocenters. The van der Waals surface area contributed by atoms with Crippen LogP contribution >= 0.6 is 0 Å². The Morgan fingerprint density at radius 1 is 1.29 bits per heavy atom. The van der Waals surface area contributed by atoms with E-state index in [-0.39, 0.29) is 11.8 Å². The van der Waals surface area contributed by atoms with E-state index in [2.05, 4.69) is 0 Å². The largest absolute Gasteiger partial charge is 0.805 e. The van der Waals surface area contributed by atoms with E-state index in [1.54, 1.807) is 0 Å². The maximum absolute atomic E-state index is 11.5. The normalized spacial score (nSPS) is 11.3. The number of hydrogen-bond donors (Lipinski definition) is 0. The maximum Gasteiger partial charge on any atom is 0.257 e. The standard InChI is InChI=1S/C10H16N2O2/c1-7(2)9-5-12(14)10(8(3)4)6-11(9)13/h5-8H,1-4H3. The zero-order valence-electron chi connectivity index (χ0n) is 9.02. The van der Waals surface area contributed by atoms with Crippen molar-refractivity contribution in [3.63, 3.8) is 0 Å². The first kappa shape index (κ1) is 10.8.